The molecule has 2 unspecified atom stereocenters. The Morgan fingerprint density at radius 3 is 2.96 bits per heavy atom. The number of nitro groups is 1. The minimum absolute atomic E-state index is 0.134. The first-order valence-corrected chi connectivity index (χ1v) is 8.32. The summed E-state index contributed by atoms with van der Waals surface area (Å²) >= 11 is 5.95. The predicted octanol–water partition coefficient (Wildman–Crippen LogP) is 4.55. The third kappa shape index (κ3) is 3.44. The van der Waals surface area contributed by atoms with E-state index in [1.165, 1.54) is 5.57 Å². The van der Waals surface area contributed by atoms with Gasteiger partial charge in [0.15, 0.2) is 5.82 Å². The van der Waals surface area contributed by atoms with E-state index in [0.717, 1.165) is 30.3 Å². The highest BCUT2D eigenvalue weighted by Gasteiger charge is 2.30. The molecule has 2 heterocycles. The van der Waals surface area contributed by atoms with Crippen molar-refractivity contribution >= 4 is 28.6 Å². The molecule has 0 N–H and O–H groups in total. The SMILES string of the molecule is C=CCC1=CCC2C(c3ncc([N+](=O)[O-])c(Cl)n3)=CN=C(C=C1)C2C. The van der Waals surface area contributed by atoms with Crippen molar-refractivity contribution in [1.82, 2.24) is 9.97 Å². The van der Waals surface area contributed by atoms with Crippen LogP contribution in [0, 0.1) is 22.0 Å². The first-order valence-electron chi connectivity index (χ1n) is 7.94. The lowest BCUT2D eigenvalue weighted by Gasteiger charge is -2.29. The van der Waals surface area contributed by atoms with Crippen LogP contribution in [0.2, 0.25) is 5.15 Å². The second kappa shape index (κ2) is 7.11. The van der Waals surface area contributed by atoms with Crippen LogP contribution < -0.4 is 0 Å². The third-order valence-electron chi connectivity index (χ3n) is 4.48. The standard InChI is InChI=1S/C18H17ClN4O2/c1-3-4-12-5-7-13-11(2)15(8-6-12)20-9-14(13)18-21-10-16(23(24)25)17(19)22-18/h3,5-6,8-11,13H,1,4,7H2,2H3. The van der Waals surface area contributed by atoms with Crippen LogP contribution in [0.1, 0.15) is 25.6 Å². The van der Waals surface area contributed by atoms with E-state index in [0.29, 0.717) is 5.82 Å². The molecule has 0 saturated heterocycles. The molecule has 0 amide bonds. The Balaban J connectivity index is 2.01. The number of fused-ring (bicyclic) bond motifs is 2. The average Bonchev–Trinajstić information content (AvgIpc) is 2.58. The summed E-state index contributed by atoms with van der Waals surface area (Å²) in [5.41, 5.74) is 2.73. The van der Waals surface area contributed by atoms with Gasteiger partial charge in [-0.1, -0.05) is 36.8 Å². The molecule has 6 nitrogen and oxygen atoms in total. The molecular formula is C18H17ClN4O2. The van der Waals surface area contributed by atoms with E-state index in [4.69, 9.17) is 11.6 Å². The summed E-state index contributed by atoms with van der Waals surface area (Å²) in [6.45, 7) is 5.90. The van der Waals surface area contributed by atoms with Crippen LogP contribution in [0.15, 0.2) is 53.8 Å². The Hall–Kier alpha value is -2.60. The topological polar surface area (TPSA) is 81.3 Å². The first-order chi connectivity index (χ1) is 12.0. The van der Waals surface area contributed by atoms with Crippen molar-refractivity contribution in [1.29, 1.82) is 0 Å². The molecule has 1 aromatic rings. The van der Waals surface area contributed by atoms with Crippen molar-refractivity contribution in [2.24, 2.45) is 16.8 Å². The quantitative estimate of drug-likeness (QED) is 0.343. The van der Waals surface area contributed by atoms with Gasteiger partial charge in [-0.15, -0.1) is 6.58 Å². The van der Waals surface area contributed by atoms with Gasteiger partial charge >= 0.3 is 5.69 Å². The van der Waals surface area contributed by atoms with Crippen molar-refractivity contribution in [2.75, 3.05) is 0 Å². The molecule has 1 aliphatic heterocycles. The molecule has 7 heteroatoms. The normalized spacial score (nSPS) is 22.2. The molecule has 2 bridgehead atoms. The van der Waals surface area contributed by atoms with E-state index < -0.39 is 4.92 Å². The van der Waals surface area contributed by atoms with Crippen LogP contribution in [0.5, 0.6) is 0 Å². The van der Waals surface area contributed by atoms with Crippen LogP contribution in [0.25, 0.3) is 5.57 Å². The van der Waals surface area contributed by atoms with E-state index in [9.17, 15) is 10.1 Å². The molecule has 0 aromatic carbocycles. The van der Waals surface area contributed by atoms with Gasteiger partial charge in [0.2, 0.25) is 5.15 Å². The fourth-order valence-corrected chi connectivity index (χ4v) is 3.25. The molecule has 128 valence electrons. The molecule has 25 heavy (non-hydrogen) atoms. The summed E-state index contributed by atoms with van der Waals surface area (Å²) in [4.78, 5) is 23.1. The minimum atomic E-state index is -0.592. The van der Waals surface area contributed by atoms with Gasteiger partial charge in [0, 0.05) is 29.3 Å². The lowest BCUT2D eigenvalue weighted by Crippen LogP contribution is -2.25. The van der Waals surface area contributed by atoms with Crippen molar-refractivity contribution in [3.8, 4) is 0 Å². The second-order valence-electron chi connectivity index (χ2n) is 6.00. The number of rotatable bonds is 4. The molecule has 1 aliphatic carbocycles. The van der Waals surface area contributed by atoms with Gasteiger partial charge in [-0.25, -0.2) is 9.97 Å². The van der Waals surface area contributed by atoms with Crippen molar-refractivity contribution < 1.29 is 4.92 Å². The smallest absolute Gasteiger partial charge is 0.261 e. The Kier molecular flexibility index (Phi) is 4.90. The van der Waals surface area contributed by atoms with Gasteiger partial charge in [-0.05, 0) is 24.5 Å². The number of halogens is 1. The molecule has 0 saturated carbocycles. The summed E-state index contributed by atoms with van der Waals surface area (Å²) in [7, 11) is 0. The van der Waals surface area contributed by atoms with Crippen molar-refractivity contribution in [2.45, 2.75) is 19.8 Å². The minimum Gasteiger partial charge on any atom is -0.261 e. The largest absolute Gasteiger partial charge is 0.324 e. The summed E-state index contributed by atoms with van der Waals surface area (Å²) in [6, 6.07) is 0. The van der Waals surface area contributed by atoms with Crippen LogP contribution in [-0.4, -0.2) is 20.6 Å². The maximum atomic E-state index is 10.9. The Morgan fingerprint density at radius 1 is 1.48 bits per heavy atom. The molecule has 0 spiro atoms. The first kappa shape index (κ1) is 17.2. The van der Waals surface area contributed by atoms with E-state index in [-0.39, 0.29) is 22.7 Å². The zero-order chi connectivity index (χ0) is 18.0. The summed E-state index contributed by atoms with van der Waals surface area (Å²) < 4.78 is 0. The number of hydrogen-bond acceptors (Lipinski definition) is 5. The van der Waals surface area contributed by atoms with Crippen molar-refractivity contribution in [3.63, 3.8) is 0 Å². The Morgan fingerprint density at radius 2 is 2.28 bits per heavy atom. The van der Waals surface area contributed by atoms with E-state index >= 15 is 0 Å². The Bertz CT molecular complexity index is 855. The fraction of sp³-hybridized carbons (Fsp3) is 0.278. The summed E-state index contributed by atoms with van der Waals surface area (Å²) in [5.74, 6) is 0.712. The molecule has 3 rings (SSSR count). The van der Waals surface area contributed by atoms with E-state index in [1.54, 1.807) is 6.20 Å². The molecule has 1 aromatic heterocycles. The van der Waals surface area contributed by atoms with E-state index in [2.05, 4.69) is 40.6 Å². The van der Waals surface area contributed by atoms with E-state index in [1.807, 2.05) is 12.2 Å². The van der Waals surface area contributed by atoms with Gasteiger partial charge in [0.1, 0.15) is 6.20 Å². The second-order valence-corrected chi connectivity index (χ2v) is 6.36. The number of aliphatic imine (C=N–C) groups is 1. The zero-order valence-electron chi connectivity index (χ0n) is 13.7. The highest BCUT2D eigenvalue weighted by Crippen LogP contribution is 2.37. The molecule has 2 atom stereocenters. The van der Waals surface area contributed by atoms with Crippen LogP contribution in [-0.2, 0) is 0 Å². The maximum absolute atomic E-state index is 10.9. The van der Waals surface area contributed by atoms with Gasteiger partial charge in [0.25, 0.3) is 0 Å². The lowest BCUT2D eigenvalue weighted by atomic mass is 9.78. The summed E-state index contributed by atoms with van der Waals surface area (Å²) in [5, 5.41) is 10.7. The molecule has 0 radical (unpaired) electrons. The molecule has 2 aliphatic rings. The molecule has 0 fully saturated rings. The van der Waals surface area contributed by atoms with Crippen LogP contribution in [0.4, 0.5) is 5.69 Å². The third-order valence-corrected chi connectivity index (χ3v) is 4.76. The number of hydrogen-bond donors (Lipinski definition) is 0. The highest BCUT2D eigenvalue weighted by molar-refractivity contribution is 6.31. The average molecular weight is 357 g/mol. The fourth-order valence-electron chi connectivity index (χ4n) is 3.06. The van der Waals surface area contributed by atoms with Crippen LogP contribution >= 0.6 is 11.6 Å². The number of allylic oxidation sites excluding steroid dienone is 6. The Labute approximate surface area is 150 Å². The number of aromatic nitrogens is 2. The van der Waals surface area contributed by atoms with Gasteiger partial charge in [-0.2, -0.15) is 0 Å². The van der Waals surface area contributed by atoms with Gasteiger partial charge in [0.05, 0.1) is 4.92 Å². The monoisotopic (exact) mass is 356 g/mol. The zero-order valence-corrected chi connectivity index (χ0v) is 14.5. The number of nitrogens with zero attached hydrogens (tertiary/aromatic N) is 4. The van der Waals surface area contributed by atoms with Gasteiger partial charge in [-0.3, -0.25) is 15.1 Å². The van der Waals surface area contributed by atoms with Crippen LogP contribution in [0.3, 0.4) is 0 Å². The lowest BCUT2D eigenvalue weighted by molar-refractivity contribution is -0.385. The summed E-state index contributed by atoms with van der Waals surface area (Å²) in [6.07, 6.45) is 12.7. The maximum Gasteiger partial charge on any atom is 0.324 e. The van der Waals surface area contributed by atoms with Crippen molar-refractivity contribution in [3.05, 3.63) is 69.9 Å². The molecular weight excluding hydrogens is 340 g/mol. The highest BCUT2D eigenvalue weighted by atomic mass is 35.5. The van der Waals surface area contributed by atoms with Gasteiger partial charge < -0.3 is 0 Å². The predicted molar refractivity (Wildman–Crippen MR) is 98.4 cm³/mol.